The quantitative estimate of drug-likeness (QED) is 0.843. The molecule has 3 heteroatoms. The lowest BCUT2D eigenvalue weighted by molar-refractivity contribution is 0.474. The summed E-state index contributed by atoms with van der Waals surface area (Å²) in [6.45, 7) is 7.20. The lowest BCUT2D eigenvalue weighted by Crippen LogP contribution is -2.21. The lowest BCUT2D eigenvalue weighted by atomic mass is 10.0. The summed E-state index contributed by atoms with van der Waals surface area (Å²) in [5, 5.41) is 7.94. The zero-order valence-electron chi connectivity index (χ0n) is 11.3. The average molecular weight is 263 g/mol. The summed E-state index contributed by atoms with van der Waals surface area (Å²) >= 11 is 1.77. The summed E-state index contributed by atoms with van der Waals surface area (Å²) in [6.07, 6.45) is 2.23. The summed E-state index contributed by atoms with van der Waals surface area (Å²) < 4.78 is 5.64. The van der Waals surface area contributed by atoms with Crippen LogP contribution in [0.5, 0.6) is 0 Å². The van der Waals surface area contributed by atoms with E-state index < -0.39 is 0 Å². The molecule has 0 aliphatic carbocycles. The average Bonchev–Trinajstić information content (AvgIpc) is 2.94. The molecule has 0 aliphatic heterocycles. The van der Waals surface area contributed by atoms with Crippen LogP contribution in [0.2, 0.25) is 0 Å². The fourth-order valence-corrected chi connectivity index (χ4v) is 3.06. The summed E-state index contributed by atoms with van der Waals surface area (Å²) in [6, 6.07) is 4.77. The van der Waals surface area contributed by atoms with Crippen LogP contribution in [0.15, 0.2) is 27.3 Å². The van der Waals surface area contributed by atoms with E-state index in [1.54, 1.807) is 11.3 Å². The molecule has 0 aliphatic rings. The highest BCUT2D eigenvalue weighted by Gasteiger charge is 2.16. The Kier molecular flexibility index (Phi) is 4.61. The highest BCUT2D eigenvalue weighted by atomic mass is 32.1. The lowest BCUT2D eigenvalue weighted by Gasteiger charge is -2.17. The molecule has 1 atom stereocenters. The van der Waals surface area contributed by atoms with Crippen molar-refractivity contribution in [3.05, 3.63) is 45.5 Å². The van der Waals surface area contributed by atoms with Crippen molar-refractivity contribution in [1.29, 1.82) is 0 Å². The molecule has 0 fully saturated rings. The molecule has 2 rings (SSSR count). The van der Waals surface area contributed by atoms with Gasteiger partial charge in [-0.15, -0.1) is 0 Å². The van der Waals surface area contributed by atoms with Gasteiger partial charge < -0.3 is 9.73 Å². The number of hydrogen-bond donors (Lipinski definition) is 1. The van der Waals surface area contributed by atoms with E-state index >= 15 is 0 Å². The van der Waals surface area contributed by atoms with Crippen LogP contribution in [0, 0.1) is 13.8 Å². The minimum absolute atomic E-state index is 0.396. The molecule has 0 aromatic carbocycles. The van der Waals surface area contributed by atoms with Crippen molar-refractivity contribution in [2.24, 2.45) is 0 Å². The second kappa shape index (κ2) is 6.21. The SMILES string of the molecule is CCNC(CCc1ccsc1)c1cc(C)oc1C. The predicted octanol–water partition coefficient (Wildman–Crippen LogP) is 4.24. The van der Waals surface area contributed by atoms with Gasteiger partial charge in [-0.2, -0.15) is 11.3 Å². The van der Waals surface area contributed by atoms with E-state index in [2.05, 4.69) is 42.1 Å². The first kappa shape index (κ1) is 13.4. The van der Waals surface area contributed by atoms with Gasteiger partial charge in [0.15, 0.2) is 0 Å². The zero-order valence-corrected chi connectivity index (χ0v) is 12.1. The van der Waals surface area contributed by atoms with E-state index in [-0.39, 0.29) is 0 Å². The summed E-state index contributed by atoms with van der Waals surface area (Å²) in [5.41, 5.74) is 2.74. The number of thiophene rings is 1. The van der Waals surface area contributed by atoms with Gasteiger partial charge in [0.2, 0.25) is 0 Å². The second-order valence-corrected chi connectivity index (χ2v) is 5.43. The topological polar surface area (TPSA) is 25.2 Å². The Labute approximate surface area is 113 Å². The van der Waals surface area contributed by atoms with Crippen LogP contribution in [0.25, 0.3) is 0 Å². The Bertz CT molecular complexity index is 473. The van der Waals surface area contributed by atoms with Gasteiger partial charge in [0.1, 0.15) is 11.5 Å². The van der Waals surface area contributed by atoms with E-state index in [1.165, 1.54) is 11.1 Å². The normalized spacial score (nSPS) is 12.8. The van der Waals surface area contributed by atoms with Crippen molar-refractivity contribution >= 4 is 11.3 Å². The van der Waals surface area contributed by atoms with Crippen molar-refractivity contribution in [2.45, 2.75) is 39.7 Å². The van der Waals surface area contributed by atoms with Gasteiger partial charge in [0, 0.05) is 11.6 Å². The van der Waals surface area contributed by atoms with Gasteiger partial charge in [-0.1, -0.05) is 6.92 Å². The first-order valence-corrected chi connectivity index (χ1v) is 7.46. The Balaban J connectivity index is 2.05. The molecule has 0 amide bonds. The zero-order chi connectivity index (χ0) is 13.0. The van der Waals surface area contributed by atoms with Gasteiger partial charge in [0.25, 0.3) is 0 Å². The van der Waals surface area contributed by atoms with Crippen LogP contribution in [0.1, 0.15) is 42.0 Å². The third-order valence-electron chi connectivity index (χ3n) is 3.21. The number of furan rings is 1. The Morgan fingerprint density at radius 3 is 2.78 bits per heavy atom. The maximum Gasteiger partial charge on any atom is 0.105 e. The van der Waals surface area contributed by atoms with E-state index in [9.17, 15) is 0 Å². The largest absolute Gasteiger partial charge is 0.466 e. The first-order valence-electron chi connectivity index (χ1n) is 6.52. The molecule has 0 bridgehead atoms. The summed E-state index contributed by atoms with van der Waals surface area (Å²) in [5.74, 6) is 2.05. The molecular weight excluding hydrogens is 242 g/mol. The van der Waals surface area contributed by atoms with Gasteiger partial charge in [-0.25, -0.2) is 0 Å². The highest BCUT2D eigenvalue weighted by Crippen LogP contribution is 2.25. The molecule has 1 unspecified atom stereocenters. The van der Waals surface area contributed by atoms with Crippen molar-refractivity contribution < 1.29 is 4.42 Å². The van der Waals surface area contributed by atoms with E-state index in [1.807, 2.05) is 6.92 Å². The summed E-state index contributed by atoms with van der Waals surface area (Å²) in [7, 11) is 0. The Morgan fingerprint density at radius 2 is 2.22 bits per heavy atom. The number of nitrogens with one attached hydrogen (secondary N) is 1. The number of rotatable bonds is 6. The maximum absolute atomic E-state index is 5.64. The summed E-state index contributed by atoms with van der Waals surface area (Å²) in [4.78, 5) is 0. The molecule has 2 aromatic heterocycles. The molecule has 0 radical (unpaired) electrons. The van der Waals surface area contributed by atoms with Gasteiger partial charge in [-0.05, 0) is 61.7 Å². The Hall–Kier alpha value is -1.06. The molecule has 0 saturated carbocycles. The maximum atomic E-state index is 5.64. The predicted molar refractivity (Wildman–Crippen MR) is 77.2 cm³/mol. The smallest absolute Gasteiger partial charge is 0.105 e. The van der Waals surface area contributed by atoms with Crippen LogP contribution in [0.3, 0.4) is 0 Å². The minimum Gasteiger partial charge on any atom is -0.466 e. The molecule has 2 aromatic rings. The third-order valence-corrected chi connectivity index (χ3v) is 3.94. The second-order valence-electron chi connectivity index (χ2n) is 4.65. The van der Waals surface area contributed by atoms with Crippen LogP contribution < -0.4 is 5.32 Å². The van der Waals surface area contributed by atoms with Gasteiger partial charge in [-0.3, -0.25) is 0 Å². The fourth-order valence-electron chi connectivity index (χ4n) is 2.36. The van der Waals surface area contributed by atoms with Gasteiger partial charge in [0.05, 0.1) is 0 Å². The molecular formula is C15H21NOS. The van der Waals surface area contributed by atoms with Crippen molar-refractivity contribution in [3.63, 3.8) is 0 Å². The highest BCUT2D eigenvalue weighted by molar-refractivity contribution is 7.07. The van der Waals surface area contributed by atoms with Crippen molar-refractivity contribution in [1.82, 2.24) is 5.32 Å². The van der Waals surface area contributed by atoms with Crippen LogP contribution >= 0.6 is 11.3 Å². The van der Waals surface area contributed by atoms with E-state index in [0.717, 1.165) is 30.9 Å². The molecule has 98 valence electrons. The monoisotopic (exact) mass is 263 g/mol. The molecule has 1 N–H and O–H groups in total. The standard InChI is InChI=1S/C15H21NOS/c1-4-16-15(6-5-13-7-8-18-10-13)14-9-11(2)17-12(14)3/h7-10,15-16H,4-6H2,1-3H3. The fraction of sp³-hybridized carbons (Fsp3) is 0.467. The molecule has 18 heavy (non-hydrogen) atoms. The van der Waals surface area contributed by atoms with E-state index in [4.69, 9.17) is 4.42 Å². The third kappa shape index (κ3) is 3.24. The number of aryl methyl sites for hydroxylation is 3. The number of hydrogen-bond acceptors (Lipinski definition) is 3. The van der Waals surface area contributed by atoms with Crippen molar-refractivity contribution in [2.75, 3.05) is 6.54 Å². The van der Waals surface area contributed by atoms with Gasteiger partial charge >= 0.3 is 0 Å². The van der Waals surface area contributed by atoms with Crippen LogP contribution in [-0.4, -0.2) is 6.54 Å². The minimum atomic E-state index is 0.396. The van der Waals surface area contributed by atoms with Crippen LogP contribution in [-0.2, 0) is 6.42 Å². The Morgan fingerprint density at radius 1 is 1.39 bits per heavy atom. The molecule has 2 nitrogen and oxygen atoms in total. The molecule has 0 saturated heterocycles. The van der Waals surface area contributed by atoms with Crippen LogP contribution in [0.4, 0.5) is 0 Å². The van der Waals surface area contributed by atoms with E-state index in [0.29, 0.717) is 6.04 Å². The molecule has 2 heterocycles. The first-order chi connectivity index (χ1) is 8.70. The van der Waals surface area contributed by atoms with Crippen molar-refractivity contribution in [3.8, 4) is 0 Å². The molecule has 0 spiro atoms.